The van der Waals surface area contributed by atoms with Crippen LogP contribution in [0.25, 0.3) is 0 Å². The SMILES string of the molecule is CCNC(=NCCCCn1c(C)cccc1=O)NCCN1CCOCC1.I. The molecule has 2 heterocycles. The van der Waals surface area contributed by atoms with E-state index in [4.69, 9.17) is 4.74 Å². The molecule has 27 heavy (non-hydrogen) atoms. The summed E-state index contributed by atoms with van der Waals surface area (Å²) < 4.78 is 7.20. The average molecular weight is 491 g/mol. The molecule has 7 nitrogen and oxygen atoms in total. The van der Waals surface area contributed by atoms with Gasteiger partial charge in [0.05, 0.1) is 13.2 Å². The minimum absolute atomic E-state index is 0. The van der Waals surface area contributed by atoms with Crippen LogP contribution in [0.2, 0.25) is 0 Å². The number of halogens is 1. The van der Waals surface area contributed by atoms with E-state index in [0.29, 0.717) is 0 Å². The molecule has 1 saturated heterocycles. The molecule has 1 fully saturated rings. The first kappa shape index (κ1) is 23.9. The van der Waals surface area contributed by atoms with Crippen LogP contribution in [0.3, 0.4) is 0 Å². The van der Waals surface area contributed by atoms with Crippen molar-refractivity contribution in [1.82, 2.24) is 20.1 Å². The maximum Gasteiger partial charge on any atom is 0.250 e. The molecule has 0 bridgehead atoms. The molecule has 0 radical (unpaired) electrons. The van der Waals surface area contributed by atoms with Crippen LogP contribution in [0.5, 0.6) is 0 Å². The number of nitrogens with one attached hydrogen (secondary N) is 2. The largest absolute Gasteiger partial charge is 0.379 e. The average Bonchev–Trinajstić information content (AvgIpc) is 2.64. The Labute approximate surface area is 179 Å². The van der Waals surface area contributed by atoms with Crippen molar-refractivity contribution in [2.45, 2.75) is 33.2 Å². The lowest BCUT2D eigenvalue weighted by atomic mass is 10.3. The van der Waals surface area contributed by atoms with Crippen molar-refractivity contribution in [3.05, 3.63) is 34.2 Å². The molecule has 0 saturated carbocycles. The Morgan fingerprint density at radius 2 is 1.96 bits per heavy atom. The molecule has 0 unspecified atom stereocenters. The maximum atomic E-state index is 11.8. The number of pyridine rings is 1. The number of rotatable bonds is 9. The number of unbranched alkanes of at least 4 members (excludes halogenated alkanes) is 1. The Bertz CT molecular complexity index is 614. The van der Waals surface area contributed by atoms with Crippen molar-refractivity contribution >= 4 is 29.9 Å². The van der Waals surface area contributed by atoms with Gasteiger partial charge in [0.1, 0.15) is 0 Å². The summed E-state index contributed by atoms with van der Waals surface area (Å²) in [6.45, 7) is 12.0. The van der Waals surface area contributed by atoms with E-state index in [0.717, 1.165) is 83.5 Å². The Balaban J connectivity index is 0.00000364. The van der Waals surface area contributed by atoms with Crippen molar-refractivity contribution in [2.75, 3.05) is 52.5 Å². The molecule has 1 aliphatic heterocycles. The standard InChI is InChI=1S/C19H33N5O2.HI/c1-3-20-19(22-10-12-23-13-15-26-16-14-23)21-9-4-5-11-24-17(2)7-6-8-18(24)25;/h6-8H,3-5,9-16H2,1-2H3,(H2,20,21,22);1H. The number of morpholine rings is 1. The second kappa shape index (κ2) is 14.0. The highest BCUT2D eigenvalue weighted by Crippen LogP contribution is 1.99. The predicted octanol–water partition coefficient (Wildman–Crippen LogP) is 1.44. The van der Waals surface area contributed by atoms with E-state index in [-0.39, 0.29) is 29.5 Å². The van der Waals surface area contributed by atoms with Crippen molar-refractivity contribution in [2.24, 2.45) is 4.99 Å². The van der Waals surface area contributed by atoms with Crippen LogP contribution in [-0.4, -0.2) is 67.9 Å². The van der Waals surface area contributed by atoms with E-state index in [9.17, 15) is 4.79 Å². The fourth-order valence-corrected chi connectivity index (χ4v) is 2.98. The number of nitrogens with zero attached hydrogens (tertiary/aromatic N) is 3. The Morgan fingerprint density at radius 1 is 1.19 bits per heavy atom. The molecule has 0 atom stereocenters. The lowest BCUT2D eigenvalue weighted by Crippen LogP contribution is -2.44. The number of ether oxygens (including phenoxy) is 1. The quantitative estimate of drug-likeness (QED) is 0.237. The van der Waals surface area contributed by atoms with Gasteiger partial charge in [-0.15, -0.1) is 24.0 Å². The number of hydrogen-bond donors (Lipinski definition) is 2. The molecule has 0 aromatic carbocycles. The normalized spacial score (nSPS) is 15.3. The topological polar surface area (TPSA) is 70.9 Å². The molecule has 1 aliphatic rings. The van der Waals surface area contributed by atoms with E-state index in [1.54, 1.807) is 6.07 Å². The molecule has 0 aliphatic carbocycles. The Morgan fingerprint density at radius 3 is 2.67 bits per heavy atom. The molecule has 1 aromatic heterocycles. The van der Waals surface area contributed by atoms with Crippen molar-refractivity contribution in [1.29, 1.82) is 0 Å². The number of aryl methyl sites for hydroxylation is 1. The van der Waals surface area contributed by atoms with E-state index in [1.807, 2.05) is 23.6 Å². The van der Waals surface area contributed by atoms with Crippen molar-refractivity contribution in [3.63, 3.8) is 0 Å². The molecule has 0 amide bonds. The van der Waals surface area contributed by atoms with Gasteiger partial charge in [-0.2, -0.15) is 0 Å². The first-order valence-electron chi connectivity index (χ1n) is 9.69. The van der Waals surface area contributed by atoms with Crippen LogP contribution in [0.4, 0.5) is 0 Å². The van der Waals surface area contributed by atoms with E-state index in [1.165, 1.54) is 0 Å². The van der Waals surface area contributed by atoms with Gasteiger partial charge in [0.25, 0.3) is 5.56 Å². The number of hydrogen-bond acceptors (Lipinski definition) is 4. The number of aromatic nitrogens is 1. The second-order valence-electron chi connectivity index (χ2n) is 6.51. The molecule has 0 spiro atoms. The van der Waals surface area contributed by atoms with Crippen LogP contribution < -0.4 is 16.2 Å². The summed E-state index contributed by atoms with van der Waals surface area (Å²) in [7, 11) is 0. The van der Waals surface area contributed by atoms with E-state index in [2.05, 4.69) is 27.4 Å². The minimum Gasteiger partial charge on any atom is -0.379 e. The summed E-state index contributed by atoms with van der Waals surface area (Å²) in [5, 5.41) is 6.68. The smallest absolute Gasteiger partial charge is 0.250 e. The zero-order valence-corrected chi connectivity index (χ0v) is 18.9. The number of guanidine groups is 1. The zero-order valence-electron chi connectivity index (χ0n) is 16.6. The summed E-state index contributed by atoms with van der Waals surface area (Å²) in [6.07, 6.45) is 1.91. The lowest BCUT2D eigenvalue weighted by molar-refractivity contribution is 0.0389. The summed E-state index contributed by atoms with van der Waals surface area (Å²) in [5.74, 6) is 0.869. The number of aliphatic imine (C=N–C) groups is 1. The third-order valence-corrected chi connectivity index (χ3v) is 4.50. The Hall–Kier alpha value is -1.13. The van der Waals surface area contributed by atoms with Gasteiger partial charge >= 0.3 is 0 Å². The lowest BCUT2D eigenvalue weighted by Gasteiger charge is -2.26. The van der Waals surface area contributed by atoms with Gasteiger partial charge in [0.2, 0.25) is 0 Å². The summed E-state index contributed by atoms with van der Waals surface area (Å²) in [5.41, 5.74) is 1.09. The highest BCUT2D eigenvalue weighted by Gasteiger charge is 2.09. The van der Waals surface area contributed by atoms with Gasteiger partial charge in [-0.3, -0.25) is 14.7 Å². The maximum absolute atomic E-state index is 11.8. The van der Waals surface area contributed by atoms with Gasteiger partial charge in [-0.25, -0.2) is 0 Å². The molecular formula is C19H34IN5O2. The van der Waals surface area contributed by atoms with Gasteiger partial charge in [-0.1, -0.05) is 6.07 Å². The molecule has 154 valence electrons. The van der Waals surface area contributed by atoms with Crippen LogP contribution in [0, 0.1) is 6.92 Å². The molecule has 1 aromatic rings. The van der Waals surface area contributed by atoms with Gasteiger partial charge in [0.15, 0.2) is 5.96 Å². The minimum atomic E-state index is 0. The van der Waals surface area contributed by atoms with Gasteiger partial charge in [-0.05, 0) is 32.8 Å². The third-order valence-electron chi connectivity index (χ3n) is 4.50. The van der Waals surface area contributed by atoms with Gasteiger partial charge in [0, 0.05) is 57.6 Å². The highest BCUT2D eigenvalue weighted by atomic mass is 127. The highest BCUT2D eigenvalue weighted by molar-refractivity contribution is 14.0. The molecule has 2 rings (SSSR count). The van der Waals surface area contributed by atoms with Crippen molar-refractivity contribution in [3.8, 4) is 0 Å². The first-order chi connectivity index (χ1) is 12.7. The van der Waals surface area contributed by atoms with E-state index >= 15 is 0 Å². The first-order valence-corrected chi connectivity index (χ1v) is 9.69. The van der Waals surface area contributed by atoms with Crippen molar-refractivity contribution < 1.29 is 4.74 Å². The molecule has 8 heteroatoms. The summed E-state index contributed by atoms with van der Waals surface area (Å²) in [6, 6.07) is 5.40. The third kappa shape index (κ3) is 9.07. The second-order valence-corrected chi connectivity index (χ2v) is 6.51. The Kier molecular flexibility index (Phi) is 12.4. The molecular weight excluding hydrogens is 457 g/mol. The monoisotopic (exact) mass is 491 g/mol. The summed E-state index contributed by atoms with van der Waals surface area (Å²) in [4.78, 5) is 18.9. The van der Waals surface area contributed by atoms with Crippen LogP contribution in [0.15, 0.2) is 28.0 Å². The van der Waals surface area contributed by atoms with Gasteiger partial charge < -0.3 is 19.9 Å². The molecule has 2 N–H and O–H groups in total. The van der Waals surface area contributed by atoms with E-state index < -0.39 is 0 Å². The predicted molar refractivity (Wildman–Crippen MR) is 121 cm³/mol. The fraction of sp³-hybridized carbons (Fsp3) is 0.684. The van der Waals surface area contributed by atoms with Crippen LogP contribution in [-0.2, 0) is 11.3 Å². The fourth-order valence-electron chi connectivity index (χ4n) is 2.98. The van der Waals surface area contributed by atoms with Crippen LogP contribution >= 0.6 is 24.0 Å². The van der Waals surface area contributed by atoms with Crippen LogP contribution in [0.1, 0.15) is 25.5 Å². The zero-order chi connectivity index (χ0) is 18.6. The summed E-state index contributed by atoms with van der Waals surface area (Å²) >= 11 is 0.